The third-order valence-electron chi connectivity index (χ3n) is 3.47. The molecule has 0 amide bonds. The molecule has 0 aliphatic carbocycles. The van der Waals surface area contributed by atoms with Crippen LogP contribution in [-0.4, -0.2) is 21.6 Å². The van der Waals surface area contributed by atoms with Gasteiger partial charge in [0.25, 0.3) is 0 Å². The molecule has 21 heavy (non-hydrogen) atoms. The number of aliphatic hydroxyl groups is 1. The van der Waals surface area contributed by atoms with E-state index in [1.54, 1.807) is 6.07 Å². The standard InChI is InChI=1S/C15H17FN4O/c16-11-3-1-2-10(6-11)7-18-15-12-4-5-17-8-13(12)19-14(9-21)20-15/h1-3,6,17,21H,4-5,7-9H2,(H,18,19,20). The van der Waals surface area contributed by atoms with Gasteiger partial charge in [-0.05, 0) is 30.7 Å². The lowest BCUT2D eigenvalue weighted by Crippen LogP contribution is -2.27. The van der Waals surface area contributed by atoms with Crippen molar-refractivity contribution >= 4 is 5.82 Å². The van der Waals surface area contributed by atoms with Gasteiger partial charge in [0, 0.05) is 18.7 Å². The molecular formula is C15H17FN4O. The Morgan fingerprint density at radius 3 is 3.05 bits per heavy atom. The molecule has 0 fully saturated rings. The van der Waals surface area contributed by atoms with Crippen molar-refractivity contribution in [1.82, 2.24) is 15.3 Å². The molecule has 0 saturated heterocycles. The summed E-state index contributed by atoms with van der Waals surface area (Å²) >= 11 is 0. The van der Waals surface area contributed by atoms with E-state index in [4.69, 9.17) is 0 Å². The minimum absolute atomic E-state index is 0.193. The van der Waals surface area contributed by atoms with Gasteiger partial charge >= 0.3 is 0 Å². The summed E-state index contributed by atoms with van der Waals surface area (Å²) in [5.74, 6) is 0.883. The van der Waals surface area contributed by atoms with Crippen LogP contribution < -0.4 is 10.6 Å². The predicted molar refractivity (Wildman–Crippen MR) is 77.1 cm³/mol. The molecule has 0 saturated carbocycles. The van der Waals surface area contributed by atoms with Crippen molar-refractivity contribution in [1.29, 1.82) is 0 Å². The largest absolute Gasteiger partial charge is 0.388 e. The summed E-state index contributed by atoms with van der Waals surface area (Å²) in [7, 11) is 0. The van der Waals surface area contributed by atoms with Crippen LogP contribution in [0.1, 0.15) is 22.6 Å². The van der Waals surface area contributed by atoms with Gasteiger partial charge in [-0.3, -0.25) is 0 Å². The lowest BCUT2D eigenvalue weighted by atomic mass is 10.1. The van der Waals surface area contributed by atoms with Crippen molar-refractivity contribution in [3.05, 3.63) is 52.7 Å². The van der Waals surface area contributed by atoms with Crippen molar-refractivity contribution in [3.63, 3.8) is 0 Å². The fourth-order valence-corrected chi connectivity index (χ4v) is 2.46. The summed E-state index contributed by atoms with van der Waals surface area (Å²) in [6, 6.07) is 6.46. The number of fused-ring (bicyclic) bond motifs is 1. The summed E-state index contributed by atoms with van der Waals surface area (Å²) in [5, 5.41) is 15.7. The third kappa shape index (κ3) is 3.17. The number of benzene rings is 1. The van der Waals surface area contributed by atoms with Crippen molar-refractivity contribution < 1.29 is 9.50 Å². The van der Waals surface area contributed by atoms with E-state index >= 15 is 0 Å². The lowest BCUT2D eigenvalue weighted by Gasteiger charge is -2.20. The second-order valence-corrected chi connectivity index (χ2v) is 4.98. The molecule has 0 unspecified atom stereocenters. The molecule has 6 heteroatoms. The molecule has 1 aromatic heterocycles. The average molecular weight is 288 g/mol. The van der Waals surface area contributed by atoms with Crippen LogP contribution in [0.25, 0.3) is 0 Å². The Kier molecular flexibility index (Phi) is 4.08. The van der Waals surface area contributed by atoms with Gasteiger partial charge in [-0.15, -0.1) is 0 Å². The smallest absolute Gasteiger partial charge is 0.156 e. The van der Waals surface area contributed by atoms with E-state index in [0.717, 1.165) is 35.6 Å². The van der Waals surface area contributed by atoms with Crippen LogP contribution in [-0.2, 0) is 26.1 Å². The summed E-state index contributed by atoms with van der Waals surface area (Å²) in [6.07, 6.45) is 0.840. The van der Waals surface area contributed by atoms with Crippen molar-refractivity contribution in [2.75, 3.05) is 11.9 Å². The van der Waals surface area contributed by atoms with Gasteiger partial charge in [-0.25, -0.2) is 14.4 Å². The fourth-order valence-electron chi connectivity index (χ4n) is 2.46. The van der Waals surface area contributed by atoms with E-state index in [1.165, 1.54) is 12.1 Å². The van der Waals surface area contributed by atoms with Crippen LogP contribution in [0, 0.1) is 5.82 Å². The molecule has 0 atom stereocenters. The van der Waals surface area contributed by atoms with Crippen LogP contribution in [0.3, 0.4) is 0 Å². The normalized spacial score (nSPS) is 13.8. The summed E-state index contributed by atoms with van der Waals surface area (Å²) in [6.45, 7) is 1.85. The highest BCUT2D eigenvalue weighted by Gasteiger charge is 2.17. The van der Waals surface area contributed by atoms with Crippen LogP contribution in [0.2, 0.25) is 0 Å². The SMILES string of the molecule is OCc1nc2c(c(NCc3cccc(F)c3)n1)CCNC2. The highest BCUT2D eigenvalue weighted by molar-refractivity contribution is 5.48. The highest BCUT2D eigenvalue weighted by atomic mass is 19.1. The molecule has 5 nitrogen and oxygen atoms in total. The molecule has 110 valence electrons. The summed E-state index contributed by atoms with van der Waals surface area (Å²) in [5.41, 5.74) is 2.84. The van der Waals surface area contributed by atoms with Gasteiger partial charge < -0.3 is 15.7 Å². The number of nitrogens with zero attached hydrogens (tertiary/aromatic N) is 2. The zero-order valence-corrected chi connectivity index (χ0v) is 11.6. The molecule has 1 aliphatic heterocycles. The molecule has 2 aromatic rings. The third-order valence-corrected chi connectivity index (χ3v) is 3.47. The Labute approximate surface area is 122 Å². The first-order valence-corrected chi connectivity index (χ1v) is 6.95. The Balaban J connectivity index is 1.84. The van der Waals surface area contributed by atoms with Gasteiger partial charge in [0.05, 0.1) is 5.69 Å². The van der Waals surface area contributed by atoms with Gasteiger partial charge in [0.2, 0.25) is 0 Å². The molecular weight excluding hydrogens is 271 g/mol. The zero-order valence-electron chi connectivity index (χ0n) is 11.6. The first-order chi connectivity index (χ1) is 10.3. The summed E-state index contributed by atoms with van der Waals surface area (Å²) in [4.78, 5) is 8.69. The highest BCUT2D eigenvalue weighted by Crippen LogP contribution is 2.21. The zero-order chi connectivity index (χ0) is 14.7. The Morgan fingerprint density at radius 1 is 1.33 bits per heavy atom. The Hall–Kier alpha value is -2.05. The molecule has 1 aromatic carbocycles. The predicted octanol–water partition coefficient (Wildman–Crippen LogP) is 1.37. The number of anilines is 1. The minimum Gasteiger partial charge on any atom is -0.388 e. The fraction of sp³-hybridized carbons (Fsp3) is 0.333. The Bertz CT molecular complexity index is 648. The maximum atomic E-state index is 13.2. The van der Waals surface area contributed by atoms with E-state index < -0.39 is 0 Å². The molecule has 3 N–H and O–H groups in total. The van der Waals surface area contributed by atoms with Crippen LogP contribution in [0.5, 0.6) is 0 Å². The molecule has 0 radical (unpaired) electrons. The average Bonchev–Trinajstić information content (AvgIpc) is 2.52. The van der Waals surface area contributed by atoms with Crippen LogP contribution >= 0.6 is 0 Å². The van der Waals surface area contributed by atoms with Crippen molar-refractivity contribution in [2.24, 2.45) is 0 Å². The van der Waals surface area contributed by atoms with E-state index in [0.29, 0.717) is 18.9 Å². The summed E-state index contributed by atoms with van der Waals surface area (Å²) < 4.78 is 13.2. The van der Waals surface area contributed by atoms with E-state index in [9.17, 15) is 9.50 Å². The molecule has 0 bridgehead atoms. The quantitative estimate of drug-likeness (QED) is 0.792. The molecule has 2 heterocycles. The first kappa shape index (κ1) is 13.9. The van der Waals surface area contributed by atoms with Gasteiger partial charge in [0.15, 0.2) is 5.82 Å². The number of rotatable bonds is 4. The second-order valence-electron chi connectivity index (χ2n) is 4.98. The van der Waals surface area contributed by atoms with E-state index in [1.807, 2.05) is 6.07 Å². The molecule has 1 aliphatic rings. The number of halogens is 1. The molecule has 3 rings (SSSR count). The van der Waals surface area contributed by atoms with Crippen LogP contribution in [0.4, 0.5) is 10.2 Å². The lowest BCUT2D eigenvalue weighted by molar-refractivity contribution is 0.270. The maximum Gasteiger partial charge on any atom is 0.156 e. The number of hydrogen-bond acceptors (Lipinski definition) is 5. The van der Waals surface area contributed by atoms with Gasteiger partial charge in [0.1, 0.15) is 18.2 Å². The van der Waals surface area contributed by atoms with Gasteiger partial charge in [-0.1, -0.05) is 12.1 Å². The maximum absolute atomic E-state index is 13.2. The number of hydrogen-bond donors (Lipinski definition) is 3. The van der Waals surface area contributed by atoms with Crippen LogP contribution in [0.15, 0.2) is 24.3 Å². The monoisotopic (exact) mass is 288 g/mol. The molecule has 0 spiro atoms. The van der Waals surface area contributed by atoms with Gasteiger partial charge in [-0.2, -0.15) is 0 Å². The minimum atomic E-state index is -0.251. The van der Waals surface area contributed by atoms with E-state index in [2.05, 4.69) is 20.6 Å². The number of nitrogens with one attached hydrogen (secondary N) is 2. The Morgan fingerprint density at radius 2 is 2.24 bits per heavy atom. The number of aromatic nitrogens is 2. The van der Waals surface area contributed by atoms with Crippen molar-refractivity contribution in [3.8, 4) is 0 Å². The second kappa shape index (κ2) is 6.15. The van der Waals surface area contributed by atoms with E-state index in [-0.39, 0.29) is 12.4 Å². The first-order valence-electron chi connectivity index (χ1n) is 6.95. The van der Waals surface area contributed by atoms with Crippen molar-refractivity contribution in [2.45, 2.75) is 26.1 Å². The topological polar surface area (TPSA) is 70.1 Å². The number of aliphatic hydroxyl groups excluding tert-OH is 1.